The summed E-state index contributed by atoms with van der Waals surface area (Å²) in [4.78, 5) is 4.43. The van der Waals surface area contributed by atoms with E-state index in [1.54, 1.807) is 25.3 Å². The molecule has 0 aliphatic rings. The van der Waals surface area contributed by atoms with Crippen LogP contribution in [-0.4, -0.2) is 23.9 Å². The van der Waals surface area contributed by atoms with E-state index in [0.29, 0.717) is 29.8 Å². The first kappa shape index (κ1) is 15.3. The van der Waals surface area contributed by atoms with Gasteiger partial charge in [-0.1, -0.05) is 18.5 Å². The van der Waals surface area contributed by atoms with E-state index in [9.17, 15) is 0 Å². The average Bonchev–Trinajstić information content (AvgIpc) is 2.96. The van der Waals surface area contributed by atoms with Crippen molar-refractivity contribution in [2.24, 2.45) is 0 Å². The average molecular weight is 291 g/mol. The van der Waals surface area contributed by atoms with E-state index >= 15 is 0 Å². The quantitative estimate of drug-likeness (QED) is 0.789. The molecule has 6 nitrogen and oxygen atoms in total. The van der Waals surface area contributed by atoms with Crippen molar-refractivity contribution in [1.29, 1.82) is 0 Å². The Hall–Kier alpha value is -2.08. The van der Waals surface area contributed by atoms with Gasteiger partial charge < -0.3 is 19.7 Å². The maximum Gasteiger partial charge on any atom is 0.261 e. The number of hydrogen-bond donors (Lipinski definition) is 1. The highest BCUT2D eigenvalue weighted by Gasteiger charge is 2.20. The van der Waals surface area contributed by atoms with E-state index in [-0.39, 0.29) is 6.10 Å². The van der Waals surface area contributed by atoms with Crippen LogP contribution in [0.2, 0.25) is 0 Å². The number of rotatable bonds is 7. The molecule has 2 N–H and O–H groups in total. The van der Waals surface area contributed by atoms with Crippen LogP contribution in [0.25, 0.3) is 11.5 Å². The Bertz CT molecular complexity index is 577. The van der Waals surface area contributed by atoms with Crippen LogP contribution in [0.4, 0.5) is 5.69 Å². The first-order valence-corrected chi connectivity index (χ1v) is 7.08. The summed E-state index contributed by atoms with van der Waals surface area (Å²) >= 11 is 0. The molecule has 1 aromatic carbocycles. The van der Waals surface area contributed by atoms with Gasteiger partial charge in [-0.3, -0.25) is 0 Å². The molecule has 6 heteroatoms. The van der Waals surface area contributed by atoms with Crippen molar-refractivity contribution in [3.8, 4) is 17.2 Å². The summed E-state index contributed by atoms with van der Waals surface area (Å²) in [6.07, 6.45) is 1.70. The molecule has 1 atom stereocenters. The number of nitrogens with zero attached hydrogens (tertiary/aromatic N) is 2. The van der Waals surface area contributed by atoms with Crippen molar-refractivity contribution in [3.05, 3.63) is 24.0 Å². The van der Waals surface area contributed by atoms with Crippen LogP contribution < -0.4 is 10.5 Å². The Balaban J connectivity index is 2.30. The second-order valence-corrected chi connectivity index (χ2v) is 4.65. The monoisotopic (exact) mass is 291 g/mol. The highest BCUT2D eigenvalue weighted by atomic mass is 16.5. The standard InChI is InChI=1S/C15H21N3O3/c1-4-6-12(20-5-2)14-17-15(21-18-14)11-8-7-10(16)9-13(11)19-3/h7-9,12H,4-6,16H2,1-3H3. The first-order valence-electron chi connectivity index (χ1n) is 7.08. The van der Waals surface area contributed by atoms with E-state index < -0.39 is 0 Å². The molecule has 0 saturated carbocycles. The molecule has 0 radical (unpaired) electrons. The topological polar surface area (TPSA) is 83.4 Å². The number of aromatic nitrogens is 2. The summed E-state index contributed by atoms with van der Waals surface area (Å²) in [6.45, 7) is 4.66. The highest BCUT2D eigenvalue weighted by molar-refractivity contribution is 5.66. The van der Waals surface area contributed by atoms with Crippen molar-refractivity contribution < 1.29 is 14.0 Å². The number of ether oxygens (including phenoxy) is 2. The number of benzene rings is 1. The predicted molar refractivity (Wildman–Crippen MR) is 80.0 cm³/mol. The maximum absolute atomic E-state index is 5.75. The fourth-order valence-corrected chi connectivity index (χ4v) is 2.11. The molecule has 0 bridgehead atoms. The smallest absolute Gasteiger partial charge is 0.261 e. The van der Waals surface area contributed by atoms with Gasteiger partial charge in [-0.2, -0.15) is 4.98 Å². The van der Waals surface area contributed by atoms with Crippen LogP contribution in [0, 0.1) is 0 Å². The molecule has 0 aliphatic heterocycles. The number of nitrogens with two attached hydrogens (primary N) is 1. The first-order chi connectivity index (χ1) is 10.2. The zero-order valence-corrected chi connectivity index (χ0v) is 12.6. The van der Waals surface area contributed by atoms with Crippen LogP contribution in [0.5, 0.6) is 5.75 Å². The minimum Gasteiger partial charge on any atom is -0.496 e. The fraction of sp³-hybridized carbons (Fsp3) is 0.467. The number of anilines is 1. The van der Waals surface area contributed by atoms with E-state index in [0.717, 1.165) is 18.4 Å². The third-order valence-electron chi connectivity index (χ3n) is 3.10. The summed E-state index contributed by atoms with van der Waals surface area (Å²) in [6, 6.07) is 5.31. The second-order valence-electron chi connectivity index (χ2n) is 4.65. The highest BCUT2D eigenvalue weighted by Crippen LogP contribution is 2.31. The Morgan fingerprint density at radius 3 is 2.81 bits per heavy atom. The largest absolute Gasteiger partial charge is 0.496 e. The molecule has 0 amide bonds. The van der Waals surface area contributed by atoms with Gasteiger partial charge in [-0.15, -0.1) is 0 Å². The fourth-order valence-electron chi connectivity index (χ4n) is 2.11. The van der Waals surface area contributed by atoms with Gasteiger partial charge in [0.15, 0.2) is 0 Å². The third kappa shape index (κ3) is 3.52. The molecular formula is C15H21N3O3. The number of hydrogen-bond acceptors (Lipinski definition) is 6. The van der Waals surface area contributed by atoms with E-state index in [1.807, 2.05) is 6.92 Å². The zero-order valence-electron chi connectivity index (χ0n) is 12.6. The lowest BCUT2D eigenvalue weighted by Crippen LogP contribution is -2.06. The van der Waals surface area contributed by atoms with Crippen LogP contribution in [0.3, 0.4) is 0 Å². The molecule has 1 heterocycles. The van der Waals surface area contributed by atoms with Gasteiger partial charge in [0.25, 0.3) is 5.89 Å². The van der Waals surface area contributed by atoms with Crippen LogP contribution >= 0.6 is 0 Å². The van der Waals surface area contributed by atoms with Crippen molar-refractivity contribution in [3.63, 3.8) is 0 Å². The molecule has 2 rings (SSSR count). The van der Waals surface area contributed by atoms with Gasteiger partial charge in [-0.25, -0.2) is 0 Å². The number of methoxy groups -OCH3 is 1. The molecular weight excluding hydrogens is 270 g/mol. The van der Waals surface area contributed by atoms with Crippen molar-refractivity contribution >= 4 is 5.69 Å². The van der Waals surface area contributed by atoms with Crippen LogP contribution in [0.15, 0.2) is 22.7 Å². The molecule has 2 aromatic rings. The molecule has 21 heavy (non-hydrogen) atoms. The summed E-state index contributed by atoms with van der Waals surface area (Å²) in [7, 11) is 1.58. The summed E-state index contributed by atoms with van der Waals surface area (Å²) in [5.41, 5.74) is 7.09. The molecule has 0 spiro atoms. The molecule has 1 aromatic heterocycles. The number of nitrogen functional groups attached to an aromatic ring is 1. The van der Waals surface area contributed by atoms with Crippen molar-refractivity contribution in [2.75, 3.05) is 19.5 Å². The van der Waals surface area contributed by atoms with Gasteiger partial charge in [-0.05, 0) is 25.5 Å². The van der Waals surface area contributed by atoms with E-state index in [2.05, 4.69) is 17.1 Å². The van der Waals surface area contributed by atoms with Gasteiger partial charge in [0.05, 0.1) is 12.7 Å². The third-order valence-corrected chi connectivity index (χ3v) is 3.10. The van der Waals surface area contributed by atoms with Crippen LogP contribution in [0.1, 0.15) is 38.6 Å². The Morgan fingerprint density at radius 1 is 1.33 bits per heavy atom. The van der Waals surface area contributed by atoms with Gasteiger partial charge in [0.2, 0.25) is 5.82 Å². The molecule has 114 valence electrons. The zero-order chi connectivity index (χ0) is 15.2. The van der Waals surface area contributed by atoms with Crippen molar-refractivity contribution in [2.45, 2.75) is 32.8 Å². The Kier molecular flexibility index (Phi) is 5.16. The summed E-state index contributed by atoms with van der Waals surface area (Å²) in [5.74, 6) is 1.57. The van der Waals surface area contributed by atoms with Gasteiger partial charge >= 0.3 is 0 Å². The van der Waals surface area contributed by atoms with Gasteiger partial charge in [0, 0.05) is 18.4 Å². The van der Waals surface area contributed by atoms with Gasteiger partial charge in [0.1, 0.15) is 11.9 Å². The predicted octanol–water partition coefficient (Wildman–Crippen LogP) is 3.21. The van der Waals surface area contributed by atoms with Crippen LogP contribution in [-0.2, 0) is 4.74 Å². The molecule has 0 aliphatic carbocycles. The minimum atomic E-state index is -0.141. The van der Waals surface area contributed by atoms with E-state index in [4.69, 9.17) is 19.7 Å². The lowest BCUT2D eigenvalue weighted by molar-refractivity contribution is 0.0478. The maximum atomic E-state index is 5.75. The Morgan fingerprint density at radius 2 is 2.14 bits per heavy atom. The normalized spacial score (nSPS) is 12.3. The lowest BCUT2D eigenvalue weighted by Gasteiger charge is -2.11. The second kappa shape index (κ2) is 7.08. The summed E-state index contributed by atoms with van der Waals surface area (Å²) < 4.78 is 16.3. The summed E-state index contributed by atoms with van der Waals surface area (Å²) in [5, 5.41) is 4.03. The van der Waals surface area contributed by atoms with E-state index in [1.165, 1.54) is 0 Å². The SMILES string of the molecule is CCCC(OCC)c1noc(-c2ccc(N)cc2OC)n1. The molecule has 0 saturated heterocycles. The minimum absolute atomic E-state index is 0.141. The molecule has 1 unspecified atom stereocenters. The lowest BCUT2D eigenvalue weighted by atomic mass is 10.1. The Labute approximate surface area is 124 Å². The molecule has 0 fully saturated rings. The van der Waals surface area contributed by atoms with Crippen molar-refractivity contribution in [1.82, 2.24) is 10.1 Å².